The van der Waals surface area contributed by atoms with Gasteiger partial charge in [0.1, 0.15) is 40.3 Å². The lowest BCUT2D eigenvalue weighted by Crippen LogP contribution is -2.54. The van der Waals surface area contributed by atoms with Crippen LogP contribution in [0.25, 0.3) is 10.9 Å². The lowest BCUT2D eigenvalue weighted by molar-refractivity contribution is -0.139. The highest BCUT2D eigenvalue weighted by atomic mass is 35.5. The number of fused-ring (bicyclic) bond motifs is 1. The number of benzene rings is 1. The quantitative estimate of drug-likeness (QED) is 0.440. The summed E-state index contributed by atoms with van der Waals surface area (Å²) in [7, 11) is 3.17. The molecule has 1 aliphatic rings. The molecule has 35 heavy (non-hydrogen) atoms. The number of rotatable bonds is 6. The van der Waals surface area contributed by atoms with Gasteiger partial charge in [0, 0.05) is 23.3 Å². The maximum Gasteiger partial charge on any atom is 0.269 e. The molecule has 2 atom stereocenters. The van der Waals surface area contributed by atoms with Gasteiger partial charge in [0.25, 0.3) is 5.91 Å². The predicted molar refractivity (Wildman–Crippen MR) is 129 cm³/mol. The number of aromatic nitrogens is 3. The molecule has 1 aliphatic heterocycles. The molecule has 3 N–H and O–H groups in total. The van der Waals surface area contributed by atoms with Crippen LogP contribution in [0.4, 0.5) is 8.78 Å². The molecule has 14 heteroatoms. The second-order valence-electron chi connectivity index (χ2n) is 8.87. The summed E-state index contributed by atoms with van der Waals surface area (Å²) < 4.78 is 30.2. The number of carbonyl (C=O) groups excluding carboxylic acids is 3. The maximum absolute atomic E-state index is 14.6. The van der Waals surface area contributed by atoms with Gasteiger partial charge in [-0.05, 0) is 17.7 Å². The summed E-state index contributed by atoms with van der Waals surface area (Å²) in [5.41, 5.74) is 5.90. The van der Waals surface area contributed by atoms with Crippen LogP contribution < -0.4 is 11.1 Å². The molecule has 4 rings (SSSR count). The number of nitrogens with two attached hydrogens (primary N) is 1. The number of likely N-dealkylation sites (tertiary alicyclic amines) is 1. The molecule has 1 saturated heterocycles. The zero-order valence-corrected chi connectivity index (χ0v) is 19.7. The fraction of sp³-hybridized carbons (Fsp3) is 0.286. The van der Waals surface area contributed by atoms with Crippen molar-refractivity contribution in [2.24, 2.45) is 5.73 Å². The van der Waals surface area contributed by atoms with E-state index in [0.717, 1.165) is 4.90 Å². The molecule has 1 aromatic carbocycles. The van der Waals surface area contributed by atoms with Gasteiger partial charge in [-0.3, -0.25) is 24.0 Å². The largest absolute Gasteiger partial charge is 0.364 e. The summed E-state index contributed by atoms with van der Waals surface area (Å²) in [5, 5.41) is 5.96. The van der Waals surface area contributed by atoms with Gasteiger partial charge < -0.3 is 16.0 Å². The summed E-state index contributed by atoms with van der Waals surface area (Å²) in [5.74, 6) is -2.66. The molecular weight excluding hydrogens is 479 g/mol. The molecule has 0 saturated carbocycles. The van der Waals surface area contributed by atoms with Crippen LogP contribution in [0.5, 0.6) is 0 Å². The molecule has 0 aliphatic carbocycles. The second-order valence-corrected chi connectivity index (χ2v) is 9.28. The minimum Gasteiger partial charge on any atom is -0.364 e. The highest BCUT2D eigenvalue weighted by molar-refractivity contribution is 6.41. The molecule has 2 aromatic heterocycles. The zero-order chi connectivity index (χ0) is 25.5. The highest BCUT2D eigenvalue weighted by Crippen LogP contribution is 2.27. The Bertz CT molecular complexity index is 1340. The van der Waals surface area contributed by atoms with Gasteiger partial charge in [-0.2, -0.15) is 5.10 Å². The lowest BCUT2D eigenvalue weighted by Gasteiger charge is -2.31. The van der Waals surface area contributed by atoms with Crippen LogP contribution in [0.2, 0.25) is 5.02 Å². The second kappa shape index (κ2) is 9.29. The zero-order valence-electron chi connectivity index (χ0n) is 19.0. The molecule has 3 aromatic rings. The topological polar surface area (TPSA) is 123 Å². The van der Waals surface area contributed by atoms with E-state index in [4.69, 9.17) is 17.3 Å². The first kappa shape index (κ1) is 24.6. The Hall–Kier alpha value is -3.47. The van der Waals surface area contributed by atoms with E-state index >= 15 is 0 Å². The van der Waals surface area contributed by atoms with Gasteiger partial charge in [-0.1, -0.05) is 23.7 Å². The first-order chi connectivity index (χ1) is 16.5. The van der Waals surface area contributed by atoms with Crippen LogP contribution in [0.15, 0.2) is 36.7 Å². The smallest absolute Gasteiger partial charge is 0.269 e. The van der Waals surface area contributed by atoms with Crippen molar-refractivity contribution in [3.63, 3.8) is 0 Å². The van der Waals surface area contributed by atoms with E-state index < -0.39 is 41.1 Å². The van der Waals surface area contributed by atoms with E-state index in [1.54, 1.807) is 27.8 Å². The number of pyridine rings is 1. The first-order valence-electron chi connectivity index (χ1n) is 10.8. The summed E-state index contributed by atoms with van der Waals surface area (Å²) in [4.78, 5) is 43.1. The SMILES string of the molecule is BC(B)(NC(=O)[C@@H]1C[C@@H](F)CN1C(=O)Cn1nc(C(N)=O)c2ccncc21)c1cccc(Cl)c1F. The number of nitrogens with zero attached hydrogens (tertiary/aromatic N) is 4. The molecule has 180 valence electrons. The average molecular weight is 501 g/mol. The van der Waals surface area contributed by atoms with Crippen molar-refractivity contribution in [3.8, 4) is 0 Å². The first-order valence-corrected chi connectivity index (χ1v) is 11.2. The van der Waals surface area contributed by atoms with Crippen molar-refractivity contribution in [1.82, 2.24) is 25.0 Å². The normalized spacial score (nSPS) is 18.1. The Morgan fingerprint density at radius 1 is 1.29 bits per heavy atom. The molecule has 9 nitrogen and oxygen atoms in total. The molecule has 0 unspecified atom stereocenters. The molecular formula is C21H21B2ClF2N6O3. The van der Waals surface area contributed by atoms with Crippen LogP contribution in [0.3, 0.4) is 0 Å². The van der Waals surface area contributed by atoms with Crippen LogP contribution in [-0.4, -0.2) is 71.8 Å². The van der Waals surface area contributed by atoms with E-state index in [1.165, 1.54) is 29.2 Å². The minimum atomic E-state index is -1.42. The predicted octanol–water partition coefficient (Wildman–Crippen LogP) is -0.545. The van der Waals surface area contributed by atoms with Crippen LogP contribution >= 0.6 is 11.6 Å². The van der Waals surface area contributed by atoms with Crippen LogP contribution in [0.1, 0.15) is 22.5 Å². The van der Waals surface area contributed by atoms with E-state index in [2.05, 4.69) is 15.4 Å². The van der Waals surface area contributed by atoms with Crippen molar-refractivity contribution in [2.75, 3.05) is 6.54 Å². The Balaban J connectivity index is 1.56. The van der Waals surface area contributed by atoms with E-state index in [9.17, 15) is 23.2 Å². The Kier molecular flexibility index (Phi) is 6.54. The Labute approximate surface area is 205 Å². The molecule has 0 bridgehead atoms. The fourth-order valence-electron chi connectivity index (χ4n) is 4.30. The standard InChI is InChI=1S/C21H21B2ClF2N6O3/c22-21(23,12-2-1-3-13(24)17(12)26)29-20(35)14-6-10(25)8-31(14)16(33)9-32-15-7-28-5-4-11(15)18(30-32)19(27)34/h1-5,7,10,14H,6,8-9,22-23H2,(H2,27,34)(H,29,35)/t10-,14+/m1/s1. The summed E-state index contributed by atoms with van der Waals surface area (Å²) >= 11 is 5.88. The number of primary amides is 1. The maximum atomic E-state index is 14.6. The molecule has 0 radical (unpaired) electrons. The summed E-state index contributed by atoms with van der Waals surface area (Å²) in [6.45, 7) is -0.651. The molecule has 1 fully saturated rings. The van der Waals surface area contributed by atoms with Gasteiger partial charge >= 0.3 is 0 Å². The molecule has 0 spiro atoms. The van der Waals surface area contributed by atoms with Gasteiger partial charge in [0.05, 0.1) is 23.3 Å². The number of nitrogens with one attached hydrogen (secondary N) is 1. The number of hydrogen-bond donors (Lipinski definition) is 2. The molecule has 3 amide bonds. The van der Waals surface area contributed by atoms with Gasteiger partial charge in [0.15, 0.2) is 5.69 Å². The number of amides is 3. The van der Waals surface area contributed by atoms with Crippen molar-refractivity contribution in [3.05, 3.63) is 58.8 Å². The van der Waals surface area contributed by atoms with Crippen LogP contribution in [0, 0.1) is 5.82 Å². The average Bonchev–Trinajstić information content (AvgIpc) is 3.36. The molecule has 3 heterocycles. The van der Waals surface area contributed by atoms with E-state index in [-0.39, 0.29) is 35.8 Å². The Morgan fingerprint density at radius 3 is 2.74 bits per heavy atom. The highest BCUT2D eigenvalue weighted by Gasteiger charge is 2.41. The third-order valence-electron chi connectivity index (χ3n) is 6.01. The third-order valence-corrected chi connectivity index (χ3v) is 6.30. The number of carbonyl (C=O) groups is 3. The summed E-state index contributed by atoms with van der Waals surface area (Å²) in [6.07, 6.45) is 1.26. The van der Waals surface area contributed by atoms with E-state index in [0.29, 0.717) is 10.9 Å². The van der Waals surface area contributed by atoms with Gasteiger partial charge in [-0.25, -0.2) is 8.78 Å². The third kappa shape index (κ3) is 4.72. The Morgan fingerprint density at radius 2 is 2.03 bits per heavy atom. The summed E-state index contributed by atoms with van der Waals surface area (Å²) in [6, 6.07) is 4.87. The van der Waals surface area contributed by atoms with Gasteiger partial charge in [-0.15, -0.1) is 0 Å². The van der Waals surface area contributed by atoms with Crippen molar-refractivity contribution in [2.45, 2.75) is 30.5 Å². The number of halogens is 3. The van der Waals surface area contributed by atoms with Crippen molar-refractivity contribution >= 4 is 55.9 Å². The van der Waals surface area contributed by atoms with Crippen LogP contribution in [-0.2, 0) is 21.5 Å². The fourth-order valence-corrected chi connectivity index (χ4v) is 4.47. The monoisotopic (exact) mass is 500 g/mol. The van der Waals surface area contributed by atoms with Crippen molar-refractivity contribution < 1.29 is 23.2 Å². The number of hydrogen-bond acceptors (Lipinski definition) is 5. The minimum absolute atomic E-state index is 0.0282. The van der Waals surface area contributed by atoms with Gasteiger partial charge in [0.2, 0.25) is 11.8 Å². The lowest BCUT2D eigenvalue weighted by atomic mass is 9.58. The van der Waals surface area contributed by atoms with E-state index in [1.807, 2.05) is 0 Å². The number of alkyl halides is 1. The van der Waals surface area contributed by atoms with Crippen molar-refractivity contribution in [1.29, 1.82) is 0 Å².